The number of rotatable bonds is 7. The highest BCUT2D eigenvalue weighted by Crippen LogP contribution is 2.38. The number of hydrogen-bond donors (Lipinski definition) is 0. The number of carbonyl (C=O) groups is 1. The number of carbonyl (C=O) groups excluding carboxylic acids is 1. The van der Waals surface area contributed by atoms with Crippen LogP contribution < -0.4 is 14.2 Å². The Labute approximate surface area is 173 Å². The first kappa shape index (κ1) is 19.4. The van der Waals surface area contributed by atoms with Gasteiger partial charge < -0.3 is 18.6 Å². The molecule has 30 heavy (non-hydrogen) atoms. The van der Waals surface area contributed by atoms with E-state index in [4.69, 9.17) is 18.6 Å². The molecule has 4 rings (SSSR count). The molecule has 0 amide bonds. The number of nitrogens with zero attached hydrogens (tertiary/aromatic N) is 2. The number of ketones is 1. The van der Waals surface area contributed by atoms with Crippen LogP contribution in [0.5, 0.6) is 17.2 Å². The maximum Gasteiger partial charge on any atom is 0.229 e. The number of ether oxygens (including phenoxy) is 3. The Morgan fingerprint density at radius 1 is 0.967 bits per heavy atom. The van der Waals surface area contributed by atoms with E-state index < -0.39 is 0 Å². The van der Waals surface area contributed by atoms with Crippen molar-refractivity contribution < 1.29 is 23.4 Å². The molecule has 0 aliphatic heterocycles. The molecule has 0 radical (unpaired) electrons. The van der Waals surface area contributed by atoms with Gasteiger partial charge in [0.15, 0.2) is 28.5 Å². The second-order valence-electron chi connectivity index (χ2n) is 6.52. The van der Waals surface area contributed by atoms with E-state index in [1.54, 1.807) is 24.4 Å². The van der Waals surface area contributed by atoms with Gasteiger partial charge in [-0.05, 0) is 35.9 Å². The molecule has 0 aliphatic rings. The molecule has 0 saturated heterocycles. The van der Waals surface area contributed by atoms with Gasteiger partial charge in [0.2, 0.25) is 11.6 Å². The van der Waals surface area contributed by atoms with Crippen LogP contribution in [-0.4, -0.2) is 37.1 Å². The van der Waals surface area contributed by atoms with Gasteiger partial charge in [-0.3, -0.25) is 4.79 Å². The summed E-state index contributed by atoms with van der Waals surface area (Å²) in [6, 6.07) is 14.4. The van der Waals surface area contributed by atoms with Crippen molar-refractivity contribution in [2.24, 2.45) is 0 Å². The fraction of sp³-hybridized carbons (Fsp3) is 0.174. The van der Waals surface area contributed by atoms with E-state index in [1.165, 1.54) is 21.3 Å². The van der Waals surface area contributed by atoms with Gasteiger partial charge in [0.1, 0.15) is 0 Å². The Balaban J connectivity index is 1.69. The highest BCUT2D eigenvalue weighted by atomic mass is 16.5. The molecule has 0 spiro atoms. The van der Waals surface area contributed by atoms with Gasteiger partial charge in [-0.2, -0.15) is 4.98 Å². The second kappa shape index (κ2) is 8.24. The number of Topliss-reactive ketones (excluding diaryl/α,β-unsaturated/α-hetero) is 1. The summed E-state index contributed by atoms with van der Waals surface area (Å²) in [6.07, 6.45) is 1.81. The van der Waals surface area contributed by atoms with Crippen LogP contribution in [0.15, 0.2) is 59.1 Å². The van der Waals surface area contributed by atoms with Crippen LogP contribution in [0.2, 0.25) is 0 Å². The number of benzene rings is 2. The van der Waals surface area contributed by atoms with Crippen LogP contribution in [0, 0.1) is 0 Å². The monoisotopic (exact) mass is 404 g/mol. The Morgan fingerprint density at radius 3 is 2.37 bits per heavy atom. The van der Waals surface area contributed by atoms with E-state index in [1.807, 2.05) is 30.3 Å². The van der Waals surface area contributed by atoms with E-state index in [-0.39, 0.29) is 12.2 Å². The molecule has 0 unspecified atom stereocenters. The largest absolute Gasteiger partial charge is 0.493 e. The highest BCUT2D eigenvalue weighted by molar-refractivity contribution is 5.99. The minimum Gasteiger partial charge on any atom is -0.493 e. The summed E-state index contributed by atoms with van der Waals surface area (Å²) in [5.41, 5.74) is 3.12. The van der Waals surface area contributed by atoms with Crippen LogP contribution in [0.1, 0.15) is 15.9 Å². The zero-order valence-electron chi connectivity index (χ0n) is 16.8. The highest BCUT2D eigenvalue weighted by Gasteiger charge is 2.19. The lowest BCUT2D eigenvalue weighted by atomic mass is 9.98. The van der Waals surface area contributed by atoms with Gasteiger partial charge in [-0.25, -0.2) is 4.98 Å². The first-order chi connectivity index (χ1) is 14.6. The average Bonchev–Trinajstić information content (AvgIpc) is 3.22. The Kier molecular flexibility index (Phi) is 5.34. The molecule has 0 fully saturated rings. The number of oxazole rings is 1. The first-order valence-electron chi connectivity index (χ1n) is 9.27. The predicted octanol–water partition coefficient (Wildman–Crippen LogP) is 4.34. The third-order valence-corrected chi connectivity index (χ3v) is 4.75. The van der Waals surface area contributed by atoms with Crippen LogP contribution in [0.25, 0.3) is 22.7 Å². The summed E-state index contributed by atoms with van der Waals surface area (Å²) in [6.45, 7) is 0. The summed E-state index contributed by atoms with van der Waals surface area (Å²) < 4.78 is 21.9. The van der Waals surface area contributed by atoms with Gasteiger partial charge in [0.05, 0.1) is 21.3 Å². The van der Waals surface area contributed by atoms with Gasteiger partial charge in [-0.1, -0.05) is 18.2 Å². The fourth-order valence-corrected chi connectivity index (χ4v) is 3.28. The number of hydrogen-bond acceptors (Lipinski definition) is 7. The number of pyridine rings is 1. The molecule has 0 atom stereocenters. The molecule has 2 heterocycles. The Hall–Kier alpha value is -3.87. The summed E-state index contributed by atoms with van der Waals surface area (Å²) in [5, 5.41) is 0. The Bertz CT molecular complexity index is 1160. The molecule has 0 bridgehead atoms. The van der Waals surface area contributed by atoms with E-state index in [2.05, 4.69) is 9.97 Å². The molecule has 2 aromatic heterocycles. The molecule has 7 nitrogen and oxygen atoms in total. The molecule has 0 N–H and O–H groups in total. The topological polar surface area (TPSA) is 83.7 Å². The number of methoxy groups -OCH3 is 3. The van der Waals surface area contributed by atoms with Crippen molar-refractivity contribution in [3.05, 3.63) is 65.9 Å². The van der Waals surface area contributed by atoms with Crippen molar-refractivity contribution in [3.63, 3.8) is 0 Å². The fourth-order valence-electron chi connectivity index (χ4n) is 3.28. The van der Waals surface area contributed by atoms with E-state index in [0.717, 1.165) is 11.1 Å². The SMILES string of the molecule is COc1cc(C(=O)Cc2ccccc2-c2nc3ncccc3o2)cc(OC)c1OC. The minimum absolute atomic E-state index is 0.101. The van der Waals surface area contributed by atoms with Gasteiger partial charge >= 0.3 is 0 Å². The average molecular weight is 404 g/mol. The zero-order valence-corrected chi connectivity index (χ0v) is 16.8. The summed E-state index contributed by atoms with van der Waals surface area (Å²) in [7, 11) is 4.55. The van der Waals surface area contributed by atoms with Crippen molar-refractivity contribution >= 4 is 17.0 Å². The van der Waals surface area contributed by atoms with Gasteiger partial charge in [0.25, 0.3) is 0 Å². The normalized spacial score (nSPS) is 10.8. The molecule has 0 saturated carbocycles. The first-order valence-corrected chi connectivity index (χ1v) is 9.27. The van der Waals surface area contributed by atoms with Crippen molar-refractivity contribution in [1.82, 2.24) is 9.97 Å². The summed E-state index contributed by atoms with van der Waals surface area (Å²) >= 11 is 0. The van der Waals surface area contributed by atoms with Crippen LogP contribution in [0.4, 0.5) is 0 Å². The third kappa shape index (κ3) is 3.57. The molecular weight excluding hydrogens is 384 g/mol. The smallest absolute Gasteiger partial charge is 0.229 e. The van der Waals surface area contributed by atoms with E-state index in [9.17, 15) is 4.79 Å². The van der Waals surface area contributed by atoms with Crippen molar-refractivity contribution in [2.75, 3.05) is 21.3 Å². The lowest BCUT2D eigenvalue weighted by Gasteiger charge is -2.14. The Morgan fingerprint density at radius 2 is 1.70 bits per heavy atom. The zero-order chi connectivity index (χ0) is 21.1. The van der Waals surface area contributed by atoms with Crippen LogP contribution in [0.3, 0.4) is 0 Å². The molecule has 7 heteroatoms. The number of fused-ring (bicyclic) bond motifs is 1. The standard InChI is InChI=1S/C23H20N2O5/c1-27-19-12-15(13-20(28-2)21(19)29-3)17(26)11-14-7-4-5-8-16(14)23-25-22-18(30-23)9-6-10-24-22/h4-10,12-13H,11H2,1-3H3. The quantitative estimate of drug-likeness (QED) is 0.424. The molecular formula is C23H20N2O5. The minimum atomic E-state index is -0.101. The predicted molar refractivity (Wildman–Crippen MR) is 111 cm³/mol. The maximum atomic E-state index is 13.1. The second-order valence-corrected chi connectivity index (χ2v) is 6.52. The lowest BCUT2D eigenvalue weighted by molar-refractivity contribution is 0.0992. The van der Waals surface area contributed by atoms with Crippen molar-refractivity contribution in [2.45, 2.75) is 6.42 Å². The number of aromatic nitrogens is 2. The van der Waals surface area contributed by atoms with Crippen molar-refractivity contribution in [1.29, 1.82) is 0 Å². The van der Waals surface area contributed by atoms with Gasteiger partial charge in [-0.15, -0.1) is 0 Å². The van der Waals surface area contributed by atoms with Crippen molar-refractivity contribution in [3.8, 4) is 28.7 Å². The maximum absolute atomic E-state index is 13.1. The van der Waals surface area contributed by atoms with Crippen LogP contribution >= 0.6 is 0 Å². The summed E-state index contributed by atoms with van der Waals surface area (Å²) in [4.78, 5) is 21.8. The molecule has 152 valence electrons. The molecule has 4 aromatic rings. The van der Waals surface area contributed by atoms with E-state index in [0.29, 0.717) is 39.9 Å². The van der Waals surface area contributed by atoms with E-state index >= 15 is 0 Å². The van der Waals surface area contributed by atoms with Crippen LogP contribution in [-0.2, 0) is 6.42 Å². The molecule has 0 aliphatic carbocycles. The van der Waals surface area contributed by atoms with Gasteiger partial charge in [0, 0.05) is 23.7 Å². The summed E-state index contributed by atoms with van der Waals surface area (Å²) in [5.74, 6) is 1.63. The molecule has 2 aromatic carbocycles. The third-order valence-electron chi connectivity index (χ3n) is 4.75. The lowest BCUT2D eigenvalue weighted by Crippen LogP contribution is -2.06.